The Kier molecular flexibility index (Phi) is 46.3. The van der Waals surface area contributed by atoms with E-state index in [1.165, 1.54) is 122 Å². The summed E-state index contributed by atoms with van der Waals surface area (Å²) in [7, 11) is -4.29. The topological polar surface area (TPSA) is 117 Å². The van der Waals surface area contributed by atoms with Crippen molar-refractivity contribution >= 4 is 13.8 Å². The van der Waals surface area contributed by atoms with Gasteiger partial charge in [0.05, 0.1) is 19.8 Å². The highest BCUT2D eigenvalue weighted by atomic mass is 31.2. The molecule has 0 amide bonds. The van der Waals surface area contributed by atoms with Gasteiger partial charge in [-0.15, -0.1) is 0 Å². The van der Waals surface area contributed by atoms with E-state index in [0.717, 1.165) is 64.2 Å². The van der Waals surface area contributed by atoms with E-state index < -0.39 is 13.9 Å². The van der Waals surface area contributed by atoms with Crippen molar-refractivity contribution < 1.29 is 32.8 Å². The van der Waals surface area contributed by atoms with E-state index in [2.05, 4.69) is 86.8 Å². The number of unbranched alkanes of at least 4 members (excludes halogenated alkanes) is 21. The lowest BCUT2D eigenvalue weighted by molar-refractivity contribution is -0.154. The maximum atomic E-state index is 12.6. The maximum absolute atomic E-state index is 12.6. The minimum atomic E-state index is -4.29. The third-order valence-corrected chi connectivity index (χ3v) is 11.1. The molecular formula is C51H92NO7P. The first-order chi connectivity index (χ1) is 29.4. The van der Waals surface area contributed by atoms with Gasteiger partial charge in [-0.3, -0.25) is 13.8 Å². The van der Waals surface area contributed by atoms with Crippen LogP contribution in [0.3, 0.4) is 0 Å². The molecule has 0 aliphatic heterocycles. The van der Waals surface area contributed by atoms with Crippen LogP contribution in [-0.4, -0.2) is 49.9 Å². The summed E-state index contributed by atoms with van der Waals surface area (Å²) < 4.78 is 33.5. The lowest BCUT2D eigenvalue weighted by atomic mass is 10.0. The molecule has 0 aromatic carbocycles. The van der Waals surface area contributed by atoms with Crippen LogP contribution in [0, 0.1) is 0 Å². The molecule has 8 nitrogen and oxygen atoms in total. The normalized spacial score (nSPS) is 14.0. The number of hydrogen-bond donors (Lipinski definition) is 2. The van der Waals surface area contributed by atoms with E-state index in [1.807, 2.05) is 0 Å². The first kappa shape index (κ1) is 57.9. The molecule has 0 saturated carbocycles. The highest BCUT2D eigenvalue weighted by Crippen LogP contribution is 2.43. The Bertz CT molecular complexity index is 1150. The standard InChI is InChI=1S/C51H92NO7P/c1-3-5-7-9-11-13-15-17-19-21-23-24-25-26-27-28-30-32-34-36-38-40-42-44-51(53)59-50(49-58-60(54,55)57-47-45-52)48-56-46-43-41-39-37-35-33-31-29-22-20-18-16-14-12-10-8-6-4-2/h5,7,11-14,17-20,23-24,50H,3-4,6,8-10,15-16,21-22,25-49,52H2,1-2H3,(H,54,55)/b7-5-,13-11-,14-12-,19-17-,20-18-,24-23-. The van der Waals surface area contributed by atoms with Gasteiger partial charge < -0.3 is 20.1 Å². The van der Waals surface area contributed by atoms with Crippen LogP contribution in [-0.2, 0) is 27.9 Å². The molecule has 0 bridgehead atoms. The van der Waals surface area contributed by atoms with Crippen LogP contribution in [0.15, 0.2) is 72.9 Å². The molecule has 0 fully saturated rings. The minimum absolute atomic E-state index is 0.0956. The molecule has 2 atom stereocenters. The van der Waals surface area contributed by atoms with Crippen molar-refractivity contribution in [2.24, 2.45) is 5.73 Å². The van der Waals surface area contributed by atoms with Crippen molar-refractivity contribution in [3.63, 3.8) is 0 Å². The fraction of sp³-hybridized carbons (Fsp3) is 0.745. The molecule has 0 saturated heterocycles. The van der Waals surface area contributed by atoms with Crippen molar-refractivity contribution in [2.75, 3.05) is 33.0 Å². The highest BCUT2D eigenvalue weighted by Gasteiger charge is 2.25. The van der Waals surface area contributed by atoms with Crippen LogP contribution >= 0.6 is 7.82 Å². The van der Waals surface area contributed by atoms with Crippen molar-refractivity contribution in [3.8, 4) is 0 Å². The summed E-state index contributed by atoms with van der Waals surface area (Å²) in [4.78, 5) is 22.6. The van der Waals surface area contributed by atoms with Crippen LogP contribution in [0.5, 0.6) is 0 Å². The van der Waals surface area contributed by atoms with Gasteiger partial charge in [0.1, 0.15) is 6.10 Å². The Morgan fingerprint density at radius 1 is 0.517 bits per heavy atom. The van der Waals surface area contributed by atoms with Crippen LogP contribution in [0.2, 0.25) is 0 Å². The molecule has 0 aliphatic carbocycles. The number of ether oxygens (including phenoxy) is 2. The van der Waals surface area contributed by atoms with E-state index in [1.54, 1.807) is 0 Å². The molecule has 348 valence electrons. The number of rotatable bonds is 46. The summed E-state index contributed by atoms with van der Waals surface area (Å²) in [6.07, 6.45) is 60.7. The maximum Gasteiger partial charge on any atom is 0.472 e. The van der Waals surface area contributed by atoms with Gasteiger partial charge in [0.25, 0.3) is 0 Å². The second-order valence-electron chi connectivity index (χ2n) is 15.9. The summed E-state index contributed by atoms with van der Waals surface area (Å²) in [6.45, 7) is 4.77. The Morgan fingerprint density at radius 3 is 1.40 bits per heavy atom. The van der Waals surface area contributed by atoms with Crippen LogP contribution < -0.4 is 5.73 Å². The number of carbonyl (C=O) groups excluding carboxylic acids is 1. The monoisotopic (exact) mass is 862 g/mol. The second-order valence-corrected chi connectivity index (χ2v) is 17.4. The van der Waals surface area contributed by atoms with Crippen molar-refractivity contribution in [2.45, 2.75) is 213 Å². The van der Waals surface area contributed by atoms with Gasteiger partial charge in [-0.1, -0.05) is 189 Å². The minimum Gasteiger partial charge on any atom is -0.457 e. The second kappa shape index (κ2) is 48.0. The van der Waals surface area contributed by atoms with E-state index in [-0.39, 0.29) is 32.3 Å². The Balaban J connectivity index is 3.99. The molecule has 3 N–H and O–H groups in total. The van der Waals surface area contributed by atoms with Gasteiger partial charge >= 0.3 is 13.8 Å². The summed E-state index contributed by atoms with van der Waals surface area (Å²) >= 11 is 0. The lowest BCUT2D eigenvalue weighted by Gasteiger charge is -2.20. The first-order valence-corrected chi connectivity index (χ1v) is 25.9. The SMILES string of the molecule is CC/C=C\C/C=C\C/C=C\C/C=C\CCCCCCCCCCCCC(=O)OC(COCCCCCCCCCC/C=C\C/C=C\CCCCC)COP(=O)(O)OCCN. The summed E-state index contributed by atoms with van der Waals surface area (Å²) in [5.74, 6) is -0.338. The lowest BCUT2D eigenvalue weighted by Crippen LogP contribution is -2.28. The van der Waals surface area contributed by atoms with Gasteiger partial charge in [-0.2, -0.15) is 0 Å². The molecule has 0 radical (unpaired) electrons. The third-order valence-electron chi connectivity index (χ3n) is 10.1. The zero-order chi connectivity index (χ0) is 43.7. The number of nitrogens with two attached hydrogens (primary N) is 1. The third kappa shape index (κ3) is 47.0. The molecule has 60 heavy (non-hydrogen) atoms. The Morgan fingerprint density at radius 2 is 0.933 bits per heavy atom. The van der Waals surface area contributed by atoms with Gasteiger partial charge in [0.2, 0.25) is 0 Å². The van der Waals surface area contributed by atoms with Crippen molar-refractivity contribution in [1.29, 1.82) is 0 Å². The van der Waals surface area contributed by atoms with E-state index in [9.17, 15) is 14.3 Å². The zero-order valence-electron chi connectivity index (χ0n) is 38.7. The fourth-order valence-electron chi connectivity index (χ4n) is 6.55. The molecule has 0 aromatic heterocycles. The van der Waals surface area contributed by atoms with Gasteiger partial charge in [-0.05, 0) is 83.5 Å². The van der Waals surface area contributed by atoms with Gasteiger partial charge in [0, 0.05) is 19.6 Å². The molecule has 0 aromatic rings. The summed E-state index contributed by atoms with van der Waals surface area (Å²) in [6, 6.07) is 0. The molecule has 2 unspecified atom stereocenters. The average Bonchev–Trinajstić information content (AvgIpc) is 3.24. The summed E-state index contributed by atoms with van der Waals surface area (Å²) in [5.41, 5.74) is 5.38. The quantitative estimate of drug-likeness (QED) is 0.0269. The van der Waals surface area contributed by atoms with Crippen molar-refractivity contribution in [1.82, 2.24) is 0 Å². The number of phosphoric acid groups is 1. The van der Waals surface area contributed by atoms with E-state index in [0.29, 0.717) is 13.0 Å². The van der Waals surface area contributed by atoms with Crippen LogP contribution in [0.1, 0.15) is 206 Å². The highest BCUT2D eigenvalue weighted by molar-refractivity contribution is 7.47. The van der Waals surface area contributed by atoms with Gasteiger partial charge in [-0.25, -0.2) is 4.57 Å². The Labute approximate surface area is 369 Å². The molecular weight excluding hydrogens is 770 g/mol. The smallest absolute Gasteiger partial charge is 0.457 e. The molecule has 0 aliphatic rings. The van der Waals surface area contributed by atoms with Gasteiger partial charge in [0.15, 0.2) is 0 Å². The van der Waals surface area contributed by atoms with E-state index >= 15 is 0 Å². The van der Waals surface area contributed by atoms with Crippen LogP contribution in [0.25, 0.3) is 0 Å². The summed E-state index contributed by atoms with van der Waals surface area (Å²) in [5, 5.41) is 0. The number of esters is 1. The molecule has 0 spiro atoms. The van der Waals surface area contributed by atoms with Crippen LogP contribution in [0.4, 0.5) is 0 Å². The molecule has 9 heteroatoms. The molecule has 0 rings (SSSR count). The van der Waals surface area contributed by atoms with Crippen molar-refractivity contribution in [3.05, 3.63) is 72.9 Å². The predicted molar refractivity (Wildman–Crippen MR) is 256 cm³/mol. The average molecular weight is 862 g/mol. The number of carbonyl (C=O) groups is 1. The first-order valence-electron chi connectivity index (χ1n) is 24.4. The number of phosphoric ester groups is 1. The number of allylic oxidation sites excluding steroid dienone is 12. The predicted octanol–water partition coefficient (Wildman–Crippen LogP) is 15.1. The molecule has 0 heterocycles. The largest absolute Gasteiger partial charge is 0.472 e. The number of hydrogen-bond acceptors (Lipinski definition) is 7. The van der Waals surface area contributed by atoms with E-state index in [4.69, 9.17) is 24.3 Å². The Hall–Kier alpha value is -2.06. The zero-order valence-corrected chi connectivity index (χ0v) is 39.6. The fourth-order valence-corrected chi connectivity index (χ4v) is 7.31.